The van der Waals surface area contributed by atoms with Gasteiger partial charge in [-0.05, 0) is 19.8 Å². The van der Waals surface area contributed by atoms with Crippen LogP contribution >= 0.6 is 0 Å². The number of rotatable bonds is 2. The summed E-state index contributed by atoms with van der Waals surface area (Å²) in [5.74, 6) is 0.175. The zero-order valence-electron chi connectivity index (χ0n) is 8.92. The van der Waals surface area contributed by atoms with Crippen molar-refractivity contribution < 1.29 is 4.79 Å². The smallest absolute Gasteiger partial charge is 0.219 e. The molecule has 0 aromatic carbocycles. The Balaban J connectivity index is 2.29. The molecule has 1 saturated heterocycles. The minimum absolute atomic E-state index is 0.175. The van der Waals surface area contributed by atoms with Crippen molar-refractivity contribution in [2.75, 3.05) is 13.1 Å². The summed E-state index contributed by atoms with van der Waals surface area (Å²) in [4.78, 5) is 12.9. The van der Waals surface area contributed by atoms with Crippen LogP contribution in [0.1, 0.15) is 26.7 Å². The summed E-state index contributed by atoms with van der Waals surface area (Å²) in [7, 11) is 0. The van der Waals surface area contributed by atoms with Gasteiger partial charge < -0.3 is 16.0 Å². The van der Waals surface area contributed by atoms with Gasteiger partial charge in [0.1, 0.15) is 0 Å². The monoisotopic (exact) mass is 197 g/mol. The quantitative estimate of drug-likeness (QED) is 0.674. The van der Waals surface area contributed by atoms with E-state index in [1.807, 2.05) is 18.0 Å². The minimum atomic E-state index is 0.175. The second-order valence-electron chi connectivity index (χ2n) is 3.84. The van der Waals surface area contributed by atoms with Gasteiger partial charge in [0.05, 0.1) is 0 Å². The van der Waals surface area contributed by atoms with Crippen LogP contribution in [0.4, 0.5) is 0 Å². The van der Waals surface area contributed by atoms with Gasteiger partial charge in [0.15, 0.2) is 0 Å². The summed E-state index contributed by atoms with van der Waals surface area (Å²) in [6, 6.07) is 0.462. The van der Waals surface area contributed by atoms with E-state index in [2.05, 4.69) is 5.32 Å². The van der Waals surface area contributed by atoms with Crippen LogP contribution in [0.5, 0.6) is 0 Å². The summed E-state index contributed by atoms with van der Waals surface area (Å²) in [6.07, 6.45) is 3.85. The highest BCUT2D eigenvalue weighted by Gasteiger charge is 2.19. The van der Waals surface area contributed by atoms with Crippen LogP contribution < -0.4 is 11.1 Å². The fraction of sp³-hybridized carbons (Fsp3) is 0.700. The first-order valence-corrected chi connectivity index (χ1v) is 5.03. The number of piperidine rings is 1. The highest BCUT2D eigenvalue weighted by molar-refractivity contribution is 5.73. The van der Waals surface area contributed by atoms with Crippen molar-refractivity contribution in [2.45, 2.75) is 32.7 Å². The van der Waals surface area contributed by atoms with E-state index in [4.69, 9.17) is 5.73 Å². The molecule has 0 aliphatic carbocycles. The molecule has 1 aliphatic heterocycles. The van der Waals surface area contributed by atoms with Crippen LogP contribution in [-0.4, -0.2) is 29.9 Å². The Morgan fingerprint density at radius 3 is 2.43 bits per heavy atom. The molecule has 14 heavy (non-hydrogen) atoms. The molecule has 0 aromatic rings. The van der Waals surface area contributed by atoms with Gasteiger partial charge in [-0.3, -0.25) is 4.79 Å². The van der Waals surface area contributed by atoms with Crippen LogP contribution in [0, 0.1) is 0 Å². The number of amides is 1. The number of allylic oxidation sites excluding steroid dienone is 1. The van der Waals surface area contributed by atoms with Crippen molar-refractivity contribution in [1.29, 1.82) is 0 Å². The van der Waals surface area contributed by atoms with E-state index in [9.17, 15) is 4.79 Å². The van der Waals surface area contributed by atoms with Crippen molar-refractivity contribution in [2.24, 2.45) is 5.73 Å². The van der Waals surface area contributed by atoms with Crippen molar-refractivity contribution in [3.63, 3.8) is 0 Å². The maximum atomic E-state index is 11.0. The zero-order valence-corrected chi connectivity index (χ0v) is 8.92. The molecule has 1 fully saturated rings. The largest absolute Gasteiger partial charge is 0.401 e. The molecular formula is C10H19N3O. The number of nitrogens with two attached hydrogens (primary N) is 1. The molecule has 0 spiro atoms. The van der Waals surface area contributed by atoms with E-state index in [1.54, 1.807) is 6.92 Å². The molecule has 80 valence electrons. The Bertz CT molecular complexity index is 226. The molecule has 0 saturated carbocycles. The Morgan fingerprint density at radius 1 is 1.43 bits per heavy atom. The third-order valence-electron chi connectivity index (χ3n) is 2.49. The van der Waals surface area contributed by atoms with E-state index in [0.717, 1.165) is 31.6 Å². The molecular weight excluding hydrogens is 178 g/mol. The number of nitrogens with one attached hydrogen (secondary N) is 1. The molecule has 0 bridgehead atoms. The Morgan fingerprint density at radius 2 is 2.00 bits per heavy atom. The van der Waals surface area contributed by atoms with Crippen molar-refractivity contribution in [3.05, 3.63) is 11.9 Å². The van der Waals surface area contributed by atoms with E-state index < -0.39 is 0 Å². The minimum Gasteiger partial charge on any atom is -0.401 e. The van der Waals surface area contributed by atoms with Crippen molar-refractivity contribution >= 4 is 5.91 Å². The lowest BCUT2D eigenvalue weighted by molar-refractivity contribution is -0.129. The maximum absolute atomic E-state index is 11.0. The molecule has 4 nitrogen and oxygen atoms in total. The van der Waals surface area contributed by atoms with Crippen LogP contribution in [-0.2, 0) is 4.79 Å². The lowest BCUT2D eigenvalue weighted by atomic mass is 10.1. The number of hydrogen-bond acceptors (Lipinski definition) is 3. The molecule has 1 aliphatic rings. The number of hydrogen-bond donors (Lipinski definition) is 2. The first-order chi connectivity index (χ1) is 6.59. The molecule has 3 N–H and O–H groups in total. The summed E-state index contributed by atoms with van der Waals surface area (Å²) in [5.41, 5.74) is 6.31. The molecule has 0 aromatic heterocycles. The molecule has 0 atom stereocenters. The van der Waals surface area contributed by atoms with Crippen LogP contribution in [0.3, 0.4) is 0 Å². The fourth-order valence-corrected chi connectivity index (χ4v) is 1.61. The summed E-state index contributed by atoms with van der Waals surface area (Å²) >= 11 is 0. The van der Waals surface area contributed by atoms with E-state index in [1.165, 1.54) is 0 Å². The number of carbonyl (C=O) groups is 1. The van der Waals surface area contributed by atoms with Crippen LogP contribution in [0.25, 0.3) is 0 Å². The molecule has 1 heterocycles. The predicted molar refractivity (Wildman–Crippen MR) is 56.4 cm³/mol. The first-order valence-electron chi connectivity index (χ1n) is 5.03. The normalized spacial score (nSPS) is 19.6. The van der Waals surface area contributed by atoms with Crippen molar-refractivity contribution in [1.82, 2.24) is 10.2 Å². The van der Waals surface area contributed by atoms with Gasteiger partial charge in [-0.15, -0.1) is 0 Å². The SMILES string of the molecule is CC(=O)N1CCC(N/C=C(/C)N)CC1. The van der Waals surface area contributed by atoms with Gasteiger partial charge in [-0.1, -0.05) is 0 Å². The lowest BCUT2D eigenvalue weighted by Crippen LogP contribution is -2.42. The fourth-order valence-electron chi connectivity index (χ4n) is 1.61. The highest BCUT2D eigenvalue weighted by Crippen LogP contribution is 2.10. The Hall–Kier alpha value is -1.19. The maximum Gasteiger partial charge on any atom is 0.219 e. The zero-order chi connectivity index (χ0) is 10.6. The lowest BCUT2D eigenvalue weighted by Gasteiger charge is -2.31. The summed E-state index contributed by atoms with van der Waals surface area (Å²) in [6.45, 7) is 5.18. The molecule has 0 unspecified atom stereocenters. The van der Waals surface area contributed by atoms with Gasteiger partial charge in [0, 0.05) is 38.0 Å². The van der Waals surface area contributed by atoms with Crippen LogP contribution in [0.15, 0.2) is 11.9 Å². The van der Waals surface area contributed by atoms with Crippen LogP contribution in [0.2, 0.25) is 0 Å². The molecule has 4 heteroatoms. The van der Waals surface area contributed by atoms with Gasteiger partial charge in [0.25, 0.3) is 0 Å². The third kappa shape index (κ3) is 3.28. The van der Waals surface area contributed by atoms with Gasteiger partial charge >= 0.3 is 0 Å². The van der Waals surface area contributed by atoms with E-state index in [0.29, 0.717) is 6.04 Å². The van der Waals surface area contributed by atoms with E-state index in [-0.39, 0.29) is 5.91 Å². The standard InChI is InChI=1S/C10H19N3O/c1-8(11)7-12-10-3-5-13(6-4-10)9(2)14/h7,10,12H,3-6,11H2,1-2H3/b8-7-. The molecule has 0 radical (unpaired) electrons. The Kier molecular flexibility index (Phi) is 3.80. The second-order valence-corrected chi connectivity index (χ2v) is 3.84. The first kappa shape index (κ1) is 10.9. The van der Waals surface area contributed by atoms with Crippen molar-refractivity contribution in [3.8, 4) is 0 Å². The number of nitrogens with zero attached hydrogens (tertiary/aromatic N) is 1. The van der Waals surface area contributed by atoms with Gasteiger partial charge in [-0.25, -0.2) is 0 Å². The highest BCUT2D eigenvalue weighted by atomic mass is 16.2. The predicted octanol–water partition coefficient (Wildman–Crippen LogP) is 0.407. The average molecular weight is 197 g/mol. The summed E-state index contributed by atoms with van der Waals surface area (Å²) in [5, 5.41) is 3.26. The molecule has 1 rings (SSSR count). The van der Waals surface area contributed by atoms with Gasteiger partial charge in [-0.2, -0.15) is 0 Å². The topological polar surface area (TPSA) is 58.4 Å². The second kappa shape index (κ2) is 4.88. The Labute approximate surface area is 85.1 Å². The third-order valence-corrected chi connectivity index (χ3v) is 2.49. The van der Waals surface area contributed by atoms with Gasteiger partial charge in [0.2, 0.25) is 5.91 Å². The average Bonchev–Trinajstić information content (AvgIpc) is 2.15. The summed E-state index contributed by atoms with van der Waals surface area (Å²) < 4.78 is 0. The number of carbonyl (C=O) groups excluding carboxylic acids is 1. The number of likely N-dealkylation sites (tertiary alicyclic amines) is 1. The van der Waals surface area contributed by atoms with E-state index >= 15 is 0 Å². The molecule has 1 amide bonds.